The van der Waals surface area contributed by atoms with Crippen LogP contribution >= 0.6 is 11.3 Å². The molecule has 0 aliphatic heterocycles. The zero-order chi connectivity index (χ0) is 14.7. The Kier molecular flexibility index (Phi) is 4.54. The van der Waals surface area contributed by atoms with Gasteiger partial charge in [-0.05, 0) is 20.3 Å². The number of carbonyl (C=O) groups excluding carboxylic acids is 1. The van der Waals surface area contributed by atoms with Crippen LogP contribution in [-0.4, -0.2) is 32.6 Å². The van der Waals surface area contributed by atoms with Gasteiger partial charge in [0, 0.05) is 30.9 Å². The average Bonchev–Trinajstić information content (AvgIpc) is 3.08. The predicted molar refractivity (Wildman–Crippen MR) is 79.9 cm³/mol. The Labute approximate surface area is 123 Å². The Morgan fingerprint density at radius 2 is 2.30 bits per heavy atom. The second kappa shape index (κ2) is 6.17. The first-order valence-electron chi connectivity index (χ1n) is 6.75. The number of rotatable bonds is 5. The molecule has 2 rings (SSSR count). The normalized spacial score (nSPS) is 12.4. The van der Waals surface area contributed by atoms with E-state index >= 15 is 0 Å². The van der Waals surface area contributed by atoms with Crippen LogP contribution in [0.5, 0.6) is 0 Å². The van der Waals surface area contributed by atoms with Crippen LogP contribution in [0.2, 0.25) is 0 Å². The van der Waals surface area contributed by atoms with E-state index in [2.05, 4.69) is 17.0 Å². The molecule has 0 aliphatic rings. The highest BCUT2D eigenvalue weighted by atomic mass is 32.1. The van der Waals surface area contributed by atoms with E-state index in [1.54, 1.807) is 28.6 Å². The molecule has 0 N–H and O–H groups in total. The highest BCUT2D eigenvalue weighted by Crippen LogP contribution is 2.23. The lowest BCUT2D eigenvalue weighted by molar-refractivity contribution is 0.0741. The summed E-state index contributed by atoms with van der Waals surface area (Å²) in [6, 6.07) is -0.0311. The van der Waals surface area contributed by atoms with Crippen molar-refractivity contribution in [2.45, 2.75) is 39.8 Å². The van der Waals surface area contributed by atoms with Crippen LogP contribution in [0.25, 0.3) is 0 Å². The van der Waals surface area contributed by atoms with E-state index < -0.39 is 0 Å². The third kappa shape index (κ3) is 2.75. The zero-order valence-electron chi connectivity index (χ0n) is 12.3. The third-order valence-electron chi connectivity index (χ3n) is 3.48. The van der Waals surface area contributed by atoms with Gasteiger partial charge in [-0.3, -0.25) is 9.48 Å². The van der Waals surface area contributed by atoms with E-state index in [9.17, 15) is 4.79 Å². The Bertz CT molecular complexity index is 576. The number of nitrogens with zero attached hydrogens (tertiary/aromatic N) is 4. The number of hydrogen-bond donors (Lipinski definition) is 0. The number of carbonyl (C=O) groups is 1. The van der Waals surface area contributed by atoms with Crippen molar-refractivity contribution in [2.75, 3.05) is 7.05 Å². The maximum atomic E-state index is 12.6. The smallest absolute Gasteiger partial charge is 0.257 e. The highest BCUT2D eigenvalue weighted by Gasteiger charge is 2.23. The fourth-order valence-electron chi connectivity index (χ4n) is 2.07. The molecule has 0 saturated heterocycles. The van der Waals surface area contributed by atoms with Crippen LogP contribution in [0.15, 0.2) is 17.8 Å². The number of aromatic nitrogens is 3. The molecule has 2 aromatic rings. The van der Waals surface area contributed by atoms with Crippen molar-refractivity contribution < 1.29 is 4.79 Å². The molecule has 0 unspecified atom stereocenters. The van der Waals surface area contributed by atoms with E-state index in [1.807, 2.05) is 31.0 Å². The monoisotopic (exact) mass is 292 g/mol. The van der Waals surface area contributed by atoms with Gasteiger partial charge in [-0.15, -0.1) is 11.3 Å². The molecule has 5 nitrogen and oxygen atoms in total. The first-order chi connectivity index (χ1) is 9.56. The second-order valence-corrected chi connectivity index (χ2v) is 5.76. The average molecular weight is 292 g/mol. The molecular weight excluding hydrogens is 272 g/mol. The molecule has 0 spiro atoms. The number of amides is 1. The molecule has 0 radical (unpaired) electrons. The number of aryl methyl sites for hydroxylation is 1. The summed E-state index contributed by atoms with van der Waals surface area (Å²) in [4.78, 5) is 18.6. The van der Waals surface area contributed by atoms with E-state index in [0.717, 1.165) is 23.7 Å². The van der Waals surface area contributed by atoms with Crippen molar-refractivity contribution >= 4 is 17.2 Å². The molecule has 2 aromatic heterocycles. The zero-order valence-corrected chi connectivity index (χ0v) is 13.1. The molecule has 1 atom stereocenters. The van der Waals surface area contributed by atoms with E-state index in [0.29, 0.717) is 5.56 Å². The minimum Gasteiger partial charge on any atom is -0.332 e. The fraction of sp³-hybridized carbons (Fsp3) is 0.500. The molecule has 0 bridgehead atoms. The lowest BCUT2D eigenvalue weighted by Crippen LogP contribution is -2.30. The standard InChI is InChI=1S/C14H20N4OS/c1-5-7-18-10(2)12(9-16-18)14(19)17(4)11(3)13-15-6-8-20-13/h6,8-9,11H,5,7H2,1-4H3/t11-/m1/s1. The van der Waals surface area contributed by atoms with Crippen molar-refractivity contribution in [1.82, 2.24) is 19.7 Å². The summed E-state index contributed by atoms with van der Waals surface area (Å²) in [5.74, 6) is -0.00690. The van der Waals surface area contributed by atoms with Crippen molar-refractivity contribution in [3.05, 3.63) is 34.0 Å². The van der Waals surface area contributed by atoms with Gasteiger partial charge in [0.05, 0.1) is 17.8 Å². The van der Waals surface area contributed by atoms with Gasteiger partial charge in [-0.25, -0.2) is 4.98 Å². The number of thiazole rings is 1. The van der Waals surface area contributed by atoms with Crippen LogP contribution in [-0.2, 0) is 6.54 Å². The minimum atomic E-state index is -0.0311. The van der Waals surface area contributed by atoms with Gasteiger partial charge in [0.1, 0.15) is 5.01 Å². The maximum absolute atomic E-state index is 12.6. The summed E-state index contributed by atoms with van der Waals surface area (Å²) < 4.78 is 1.88. The molecule has 0 aliphatic carbocycles. The largest absolute Gasteiger partial charge is 0.332 e. The van der Waals surface area contributed by atoms with Crippen LogP contribution in [0, 0.1) is 6.92 Å². The summed E-state index contributed by atoms with van der Waals surface area (Å²) in [5.41, 5.74) is 1.60. The third-order valence-corrected chi connectivity index (χ3v) is 4.42. The summed E-state index contributed by atoms with van der Waals surface area (Å²) in [6.07, 6.45) is 4.43. The molecule has 2 heterocycles. The lowest BCUT2D eigenvalue weighted by Gasteiger charge is -2.23. The molecule has 0 aromatic carbocycles. The lowest BCUT2D eigenvalue weighted by atomic mass is 10.2. The predicted octanol–water partition coefficient (Wildman–Crippen LogP) is 2.89. The molecule has 108 valence electrons. The van der Waals surface area contributed by atoms with E-state index in [1.165, 1.54) is 0 Å². The molecular formula is C14H20N4OS. The van der Waals surface area contributed by atoms with Gasteiger partial charge in [0.2, 0.25) is 0 Å². The summed E-state index contributed by atoms with van der Waals surface area (Å²) in [5, 5.41) is 7.16. The van der Waals surface area contributed by atoms with Crippen molar-refractivity contribution in [1.29, 1.82) is 0 Å². The molecule has 0 saturated carbocycles. The first-order valence-corrected chi connectivity index (χ1v) is 7.63. The van der Waals surface area contributed by atoms with Crippen LogP contribution < -0.4 is 0 Å². The second-order valence-electron chi connectivity index (χ2n) is 4.83. The summed E-state index contributed by atoms with van der Waals surface area (Å²) in [7, 11) is 1.81. The quantitative estimate of drug-likeness (QED) is 0.851. The van der Waals surface area contributed by atoms with Gasteiger partial charge in [-0.2, -0.15) is 5.10 Å². The van der Waals surface area contributed by atoms with Gasteiger partial charge < -0.3 is 4.90 Å². The maximum Gasteiger partial charge on any atom is 0.257 e. The Balaban J connectivity index is 2.18. The molecule has 1 amide bonds. The Morgan fingerprint density at radius 1 is 1.55 bits per heavy atom. The number of hydrogen-bond acceptors (Lipinski definition) is 4. The fourth-order valence-corrected chi connectivity index (χ4v) is 2.80. The van der Waals surface area contributed by atoms with Gasteiger partial charge in [0.25, 0.3) is 5.91 Å². The van der Waals surface area contributed by atoms with Crippen LogP contribution in [0.1, 0.15) is 47.4 Å². The first kappa shape index (κ1) is 14.7. The summed E-state index contributed by atoms with van der Waals surface area (Å²) >= 11 is 1.56. The van der Waals surface area contributed by atoms with E-state index in [4.69, 9.17) is 0 Å². The SMILES string of the molecule is CCCn1ncc(C(=O)N(C)[C@H](C)c2nccs2)c1C. The molecule has 0 fully saturated rings. The Hall–Kier alpha value is -1.69. The minimum absolute atomic E-state index is 0.00690. The van der Waals surface area contributed by atoms with Gasteiger partial charge in [-0.1, -0.05) is 6.92 Å². The highest BCUT2D eigenvalue weighted by molar-refractivity contribution is 7.09. The van der Waals surface area contributed by atoms with Crippen molar-refractivity contribution in [3.63, 3.8) is 0 Å². The topological polar surface area (TPSA) is 51.0 Å². The van der Waals surface area contributed by atoms with Crippen molar-refractivity contribution in [2.24, 2.45) is 0 Å². The van der Waals surface area contributed by atoms with Crippen molar-refractivity contribution in [3.8, 4) is 0 Å². The summed E-state index contributed by atoms with van der Waals surface area (Å²) in [6.45, 7) is 6.87. The van der Waals surface area contributed by atoms with E-state index in [-0.39, 0.29) is 11.9 Å². The molecule has 6 heteroatoms. The van der Waals surface area contributed by atoms with Gasteiger partial charge in [0.15, 0.2) is 0 Å². The Morgan fingerprint density at radius 3 is 2.90 bits per heavy atom. The van der Waals surface area contributed by atoms with Crippen LogP contribution in [0.3, 0.4) is 0 Å². The molecule has 20 heavy (non-hydrogen) atoms. The van der Waals surface area contributed by atoms with Gasteiger partial charge >= 0.3 is 0 Å². The van der Waals surface area contributed by atoms with Crippen LogP contribution in [0.4, 0.5) is 0 Å².